The third kappa shape index (κ3) is 3.70. The zero-order valence-electron chi connectivity index (χ0n) is 12.4. The van der Waals surface area contributed by atoms with E-state index < -0.39 is 0 Å². The molecular weight excluding hydrogens is 242 g/mol. The number of ether oxygens (including phenoxy) is 2. The summed E-state index contributed by atoms with van der Waals surface area (Å²) in [4.78, 5) is 12.4. The van der Waals surface area contributed by atoms with Crippen LogP contribution >= 0.6 is 0 Å². The number of carbonyl (C=O) groups is 1. The highest BCUT2D eigenvalue weighted by Gasteiger charge is 2.24. The maximum atomic E-state index is 12.4. The van der Waals surface area contributed by atoms with Crippen LogP contribution in [-0.2, 0) is 0 Å². The number of hydrogen-bond donors (Lipinski definition) is 1. The molecule has 0 atom stereocenters. The second-order valence-electron chi connectivity index (χ2n) is 5.49. The van der Waals surface area contributed by atoms with Gasteiger partial charge in [0.05, 0.1) is 19.8 Å². The molecule has 0 saturated heterocycles. The molecular formula is C15H23NO3. The first-order valence-corrected chi connectivity index (χ1v) is 6.30. The Labute approximate surface area is 114 Å². The van der Waals surface area contributed by atoms with Gasteiger partial charge in [0.1, 0.15) is 11.5 Å². The highest BCUT2D eigenvalue weighted by Crippen LogP contribution is 2.31. The topological polar surface area (TPSA) is 61.5 Å². The molecule has 0 fully saturated rings. The quantitative estimate of drug-likeness (QED) is 0.803. The third-order valence-electron chi connectivity index (χ3n) is 3.21. The van der Waals surface area contributed by atoms with E-state index in [1.54, 1.807) is 20.3 Å². The first kappa shape index (κ1) is 15.5. The fourth-order valence-corrected chi connectivity index (χ4v) is 1.87. The summed E-state index contributed by atoms with van der Waals surface area (Å²) in [5.41, 5.74) is 6.94. The molecule has 0 aliphatic heterocycles. The molecule has 0 spiro atoms. The van der Waals surface area contributed by atoms with Crippen LogP contribution in [0.2, 0.25) is 0 Å². The van der Waals surface area contributed by atoms with E-state index in [-0.39, 0.29) is 11.2 Å². The molecule has 19 heavy (non-hydrogen) atoms. The van der Waals surface area contributed by atoms with E-state index in [0.29, 0.717) is 30.0 Å². The van der Waals surface area contributed by atoms with Crippen molar-refractivity contribution in [2.45, 2.75) is 27.2 Å². The Morgan fingerprint density at radius 1 is 1.21 bits per heavy atom. The van der Waals surface area contributed by atoms with Crippen molar-refractivity contribution >= 4 is 5.78 Å². The van der Waals surface area contributed by atoms with Gasteiger partial charge in [-0.2, -0.15) is 0 Å². The number of rotatable bonds is 6. The first-order valence-electron chi connectivity index (χ1n) is 6.30. The lowest BCUT2D eigenvalue weighted by atomic mass is 9.85. The van der Waals surface area contributed by atoms with Gasteiger partial charge in [-0.05, 0) is 36.6 Å². The third-order valence-corrected chi connectivity index (χ3v) is 3.21. The van der Waals surface area contributed by atoms with E-state index in [0.717, 1.165) is 5.56 Å². The summed E-state index contributed by atoms with van der Waals surface area (Å²) >= 11 is 0. The largest absolute Gasteiger partial charge is 0.496 e. The fraction of sp³-hybridized carbons (Fsp3) is 0.533. The van der Waals surface area contributed by atoms with Gasteiger partial charge in [0.25, 0.3) is 0 Å². The molecule has 0 bridgehead atoms. The second kappa shape index (κ2) is 6.06. The Kier molecular flexibility index (Phi) is 4.95. The molecule has 0 aliphatic rings. The molecule has 4 heteroatoms. The number of nitrogens with two attached hydrogens (primary N) is 1. The molecule has 2 N–H and O–H groups in total. The van der Waals surface area contributed by atoms with Crippen LogP contribution in [0.4, 0.5) is 0 Å². The summed E-state index contributed by atoms with van der Waals surface area (Å²) < 4.78 is 10.5. The van der Waals surface area contributed by atoms with Crippen molar-refractivity contribution in [3.63, 3.8) is 0 Å². The maximum absolute atomic E-state index is 12.4. The van der Waals surface area contributed by atoms with E-state index in [9.17, 15) is 4.79 Å². The van der Waals surface area contributed by atoms with Crippen LogP contribution in [-0.4, -0.2) is 26.5 Å². The van der Waals surface area contributed by atoms with Crippen molar-refractivity contribution in [1.29, 1.82) is 0 Å². The van der Waals surface area contributed by atoms with Gasteiger partial charge >= 0.3 is 0 Å². The summed E-state index contributed by atoms with van der Waals surface area (Å²) in [6.07, 6.45) is 0.381. The minimum Gasteiger partial charge on any atom is -0.496 e. The highest BCUT2D eigenvalue weighted by molar-refractivity contribution is 5.99. The number of aryl methyl sites for hydroxylation is 1. The van der Waals surface area contributed by atoms with Crippen LogP contribution < -0.4 is 15.2 Å². The molecule has 1 aromatic carbocycles. The molecule has 4 nitrogen and oxygen atoms in total. The molecule has 0 heterocycles. The monoisotopic (exact) mass is 265 g/mol. The van der Waals surface area contributed by atoms with Gasteiger partial charge in [-0.1, -0.05) is 13.8 Å². The van der Waals surface area contributed by atoms with Crippen LogP contribution in [0.5, 0.6) is 11.5 Å². The number of ketones is 1. The normalized spacial score (nSPS) is 11.3. The fourth-order valence-electron chi connectivity index (χ4n) is 1.87. The van der Waals surface area contributed by atoms with Crippen molar-refractivity contribution in [3.05, 3.63) is 23.3 Å². The summed E-state index contributed by atoms with van der Waals surface area (Å²) in [6.45, 7) is 6.33. The Hall–Kier alpha value is -1.55. The predicted molar refractivity (Wildman–Crippen MR) is 76.1 cm³/mol. The summed E-state index contributed by atoms with van der Waals surface area (Å²) in [5, 5.41) is 0. The number of benzene rings is 1. The minimum atomic E-state index is -0.222. The molecule has 0 saturated carbocycles. The van der Waals surface area contributed by atoms with Crippen LogP contribution in [0.25, 0.3) is 0 Å². The Balaban J connectivity index is 3.14. The smallest absolute Gasteiger partial charge is 0.167 e. The van der Waals surface area contributed by atoms with Crippen LogP contribution in [0.3, 0.4) is 0 Å². The summed E-state index contributed by atoms with van der Waals surface area (Å²) in [5.74, 6) is 1.29. The van der Waals surface area contributed by atoms with Crippen LogP contribution in [0.1, 0.15) is 36.2 Å². The lowest BCUT2D eigenvalue weighted by Gasteiger charge is -2.22. The first-order chi connectivity index (χ1) is 8.84. The van der Waals surface area contributed by atoms with Crippen LogP contribution in [0, 0.1) is 12.3 Å². The number of Topliss-reactive ketones (excluding diaryl/α,β-unsaturated/α-hetero) is 1. The van der Waals surface area contributed by atoms with Crippen molar-refractivity contribution in [2.75, 3.05) is 20.8 Å². The Morgan fingerprint density at radius 2 is 1.79 bits per heavy atom. The highest BCUT2D eigenvalue weighted by atomic mass is 16.5. The number of hydrogen-bond acceptors (Lipinski definition) is 4. The van der Waals surface area contributed by atoms with Crippen molar-refractivity contribution in [2.24, 2.45) is 11.1 Å². The molecule has 0 amide bonds. The maximum Gasteiger partial charge on any atom is 0.167 e. The SMILES string of the molecule is COc1cc(C(=O)CC(C)(C)CN)c(OC)cc1C. The van der Waals surface area contributed by atoms with Gasteiger partial charge in [-0.15, -0.1) is 0 Å². The number of methoxy groups -OCH3 is 2. The molecule has 0 aliphatic carbocycles. The van der Waals surface area contributed by atoms with Gasteiger partial charge < -0.3 is 15.2 Å². The van der Waals surface area contributed by atoms with Gasteiger partial charge in [0.15, 0.2) is 5.78 Å². The van der Waals surface area contributed by atoms with Gasteiger partial charge in [-0.25, -0.2) is 0 Å². The van der Waals surface area contributed by atoms with Gasteiger partial charge in [0, 0.05) is 6.42 Å². The molecule has 1 rings (SSSR count). The molecule has 1 aromatic rings. The predicted octanol–water partition coefficient (Wildman–Crippen LogP) is 2.57. The van der Waals surface area contributed by atoms with E-state index in [4.69, 9.17) is 15.2 Å². The average molecular weight is 265 g/mol. The molecule has 0 aromatic heterocycles. The second-order valence-corrected chi connectivity index (χ2v) is 5.49. The van der Waals surface area contributed by atoms with E-state index in [1.807, 2.05) is 26.8 Å². The lowest BCUT2D eigenvalue weighted by Crippen LogP contribution is -2.26. The Morgan fingerprint density at radius 3 is 2.26 bits per heavy atom. The molecule has 106 valence electrons. The average Bonchev–Trinajstić information content (AvgIpc) is 2.37. The van der Waals surface area contributed by atoms with E-state index >= 15 is 0 Å². The van der Waals surface area contributed by atoms with Crippen molar-refractivity contribution < 1.29 is 14.3 Å². The van der Waals surface area contributed by atoms with Crippen molar-refractivity contribution in [1.82, 2.24) is 0 Å². The standard InChI is InChI=1S/C15H23NO3/c1-10-6-14(19-5)11(7-13(10)18-4)12(17)8-15(2,3)9-16/h6-7H,8-9,16H2,1-5H3. The minimum absolute atomic E-state index is 0.0191. The Bertz CT molecular complexity index is 467. The van der Waals surface area contributed by atoms with E-state index in [2.05, 4.69) is 0 Å². The van der Waals surface area contributed by atoms with Gasteiger partial charge in [-0.3, -0.25) is 4.79 Å². The molecule has 0 unspecified atom stereocenters. The van der Waals surface area contributed by atoms with E-state index in [1.165, 1.54) is 0 Å². The van der Waals surface area contributed by atoms with Gasteiger partial charge in [0.2, 0.25) is 0 Å². The zero-order chi connectivity index (χ0) is 14.6. The zero-order valence-corrected chi connectivity index (χ0v) is 12.4. The number of carbonyl (C=O) groups excluding carboxylic acids is 1. The van der Waals surface area contributed by atoms with Crippen LogP contribution in [0.15, 0.2) is 12.1 Å². The lowest BCUT2D eigenvalue weighted by molar-refractivity contribution is 0.0931. The summed E-state index contributed by atoms with van der Waals surface area (Å²) in [6, 6.07) is 3.56. The summed E-state index contributed by atoms with van der Waals surface area (Å²) in [7, 11) is 3.15. The molecule has 0 radical (unpaired) electrons. The van der Waals surface area contributed by atoms with Crippen molar-refractivity contribution in [3.8, 4) is 11.5 Å².